The molecule has 1 unspecified atom stereocenters. The number of rotatable bonds is 4. The molecule has 3 rings (SSSR count). The van der Waals surface area contributed by atoms with Gasteiger partial charge in [-0.15, -0.1) is 0 Å². The van der Waals surface area contributed by atoms with E-state index in [4.69, 9.17) is 11.6 Å². The fourth-order valence-corrected chi connectivity index (χ4v) is 3.13. The minimum absolute atomic E-state index is 0.210. The summed E-state index contributed by atoms with van der Waals surface area (Å²) in [5, 5.41) is 6.40. The van der Waals surface area contributed by atoms with Gasteiger partial charge in [-0.3, -0.25) is 0 Å². The molecule has 4 nitrogen and oxygen atoms in total. The molecule has 0 bridgehead atoms. The zero-order valence-electron chi connectivity index (χ0n) is 15.8. The molecule has 5 heteroatoms. The molecule has 1 aliphatic rings. The van der Waals surface area contributed by atoms with Gasteiger partial charge in [-0.1, -0.05) is 49.7 Å². The highest BCUT2D eigenvalue weighted by atomic mass is 35.5. The lowest BCUT2D eigenvalue weighted by molar-refractivity contribution is 0.251. The minimum atomic E-state index is -0.210. The van der Waals surface area contributed by atoms with Crippen molar-refractivity contribution in [1.29, 1.82) is 0 Å². The van der Waals surface area contributed by atoms with Crippen LogP contribution in [0.4, 0.5) is 10.5 Å². The molecule has 1 saturated heterocycles. The summed E-state index contributed by atoms with van der Waals surface area (Å²) in [6.07, 6.45) is 1.20. The molecule has 0 aliphatic carbocycles. The summed E-state index contributed by atoms with van der Waals surface area (Å²) in [5.74, 6) is 0.600. The van der Waals surface area contributed by atoms with Crippen LogP contribution in [0.5, 0.6) is 0 Å². The second-order valence-electron chi connectivity index (χ2n) is 6.30. The maximum Gasteiger partial charge on any atom is 0.319 e. The van der Waals surface area contributed by atoms with Crippen molar-refractivity contribution in [3.05, 3.63) is 64.7 Å². The monoisotopic (exact) mass is 373 g/mol. The second kappa shape index (κ2) is 10.2. The first-order chi connectivity index (χ1) is 12.6. The van der Waals surface area contributed by atoms with E-state index in [1.54, 1.807) is 0 Å². The van der Waals surface area contributed by atoms with Crippen LogP contribution in [0.1, 0.15) is 37.3 Å². The molecular weight excluding hydrogens is 346 g/mol. The lowest BCUT2D eigenvalue weighted by Crippen LogP contribution is -2.28. The predicted octanol–water partition coefficient (Wildman–Crippen LogP) is 5.11. The number of hydrogen-bond donors (Lipinski definition) is 2. The van der Waals surface area contributed by atoms with Crippen LogP contribution in [0.15, 0.2) is 48.5 Å². The average molecular weight is 374 g/mol. The van der Waals surface area contributed by atoms with Crippen molar-refractivity contribution in [2.45, 2.75) is 32.7 Å². The third-order valence-electron chi connectivity index (χ3n) is 4.40. The molecule has 0 radical (unpaired) electrons. The van der Waals surface area contributed by atoms with Crippen molar-refractivity contribution in [2.24, 2.45) is 0 Å². The van der Waals surface area contributed by atoms with Crippen molar-refractivity contribution < 1.29 is 4.79 Å². The van der Waals surface area contributed by atoms with E-state index >= 15 is 0 Å². The molecule has 26 heavy (non-hydrogen) atoms. The standard InChI is InChI=1S/C19H22ClN3O.C2H6/c1-23-11-10-16(13-23)15-4-8-18(9-5-15)22-19(24)21-12-14-2-6-17(20)7-3-14;1-2/h2-9,16H,10-13H2,1H3,(H2,21,22,24);1-2H3. The fraction of sp³-hybridized carbons (Fsp3) is 0.381. The molecule has 2 amide bonds. The van der Waals surface area contributed by atoms with Gasteiger partial charge in [0.25, 0.3) is 0 Å². The molecule has 1 atom stereocenters. The number of benzene rings is 2. The van der Waals surface area contributed by atoms with Gasteiger partial charge in [0, 0.05) is 23.8 Å². The van der Waals surface area contributed by atoms with Crippen molar-refractivity contribution in [2.75, 3.05) is 25.5 Å². The van der Waals surface area contributed by atoms with E-state index in [0.717, 1.165) is 24.3 Å². The Morgan fingerprint density at radius 1 is 1.12 bits per heavy atom. The summed E-state index contributed by atoms with van der Waals surface area (Å²) >= 11 is 5.85. The first kappa shape index (κ1) is 20.3. The number of urea groups is 1. The van der Waals surface area contributed by atoms with Crippen LogP contribution in [0, 0.1) is 0 Å². The topological polar surface area (TPSA) is 44.4 Å². The molecule has 0 aromatic heterocycles. The van der Waals surface area contributed by atoms with Crippen LogP contribution in [0.3, 0.4) is 0 Å². The summed E-state index contributed by atoms with van der Waals surface area (Å²) in [6, 6.07) is 15.4. The largest absolute Gasteiger partial charge is 0.334 e. The van der Waals surface area contributed by atoms with Gasteiger partial charge in [0.05, 0.1) is 0 Å². The maximum atomic E-state index is 12.0. The molecule has 2 aromatic carbocycles. The summed E-state index contributed by atoms with van der Waals surface area (Å²) in [7, 11) is 2.15. The Kier molecular flexibility index (Phi) is 7.95. The Labute approximate surface area is 161 Å². The molecule has 2 aromatic rings. The number of nitrogens with zero attached hydrogens (tertiary/aromatic N) is 1. The highest BCUT2D eigenvalue weighted by Crippen LogP contribution is 2.27. The molecule has 1 fully saturated rings. The zero-order chi connectivity index (χ0) is 18.9. The van der Waals surface area contributed by atoms with Crippen LogP contribution in [-0.4, -0.2) is 31.1 Å². The third-order valence-corrected chi connectivity index (χ3v) is 4.65. The zero-order valence-corrected chi connectivity index (χ0v) is 16.5. The van der Waals surface area contributed by atoms with Crippen molar-refractivity contribution in [3.8, 4) is 0 Å². The Hall–Kier alpha value is -2.04. The van der Waals surface area contributed by atoms with Crippen molar-refractivity contribution in [1.82, 2.24) is 10.2 Å². The van der Waals surface area contributed by atoms with Gasteiger partial charge in [0.1, 0.15) is 0 Å². The van der Waals surface area contributed by atoms with E-state index in [2.05, 4.69) is 34.7 Å². The van der Waals surface area contributed by atoms with E-state index in [9.17, 15) is 4.79 Å². The Bertz CT molecular complexity index is 685. The van der Waals surface area contributed by atoms with Gasteiger partial charge in [-0.05, 0) is 61.3 Å². The fourth-order valence-electron chi connectivity index (χ4n) is 3.01. The highest BCUT2D eigenvalue weighted by molar-refractivity contribution is 6.30. The van der Waals surface area contributed by atoms with Gasteiger partial charge in [-0.25, -0.2) is 4.79 Å². The van der Waals surface area contributed by atoms with Gasteiger partial charge >= 0.3 is 6.03 Å². The Morgan fingerprint density at radius 3 is 2.35 bits per heavy atom. The molecular formula is C21H28ClN3O. The number of likely N-dealkylation sites (tertiary alicyclic amines) is 1. The molecule has 0 saturated carbocycles. The van der Waals surface area contributed by atoms with E-state index < -0.39 is 0 Å². The predicted molar refractivity (Wildman–Crippen MR) is 110 cm³/mol. The smallest absolute Gasteiger partial charge is 0.319 e. The normalized spacial score (nSPS) is 16.5. The number of carbonyl (C=O) groups is 1. The van der Waals surface area contributed by atoms with Gasteiger partial charge < -0.3 is 15.5 Å². The number of nitrogens with one attached hydrogen (secondary N) is 2. The lowest BCUT2D eigenvalue weighted by atomic mass is 9.98. The van der Waals surface area contributed by atoms with Crippen molar-refractivity contribution >= 4 is 23.3 Å². The first-order valence-electron chi connectivity index (χ1n) is 9.18. The van der Waals surface area contributed by atoms with E-state index in [0.29, 0.717) is 17.5 Å². The average Bonchev–Trinajstić information content (AvgIpc) is 3.10. The Balaban J connectivity index is 0.00000117. The molecule has 140 valence electrons. The number of anilines is 1. The number of carbonyl (C=O) groups excluding carboxylic acids is 1. The number of likely N-dealkylation sites (N-methyl/N-ethyl adjacent to an activating group) is 1. The summed E-state index contributed by atoms with van der Waals surface area (Å²) in [4.78, 5) is 14.3. The number of hydrogen-bond acceptors (Lipinski definition) is 2. The summed E-state index contributed by atoms with van der Waals surface area (Å²) in [5.41, 5.74) is 3.15. The van der Waals surface area contributed by atoms with Gasteiger partial charge in [-0.2, -0.15) is 0 Å². The molecule has 1 heterocycles. The number of halogens is 1. The van der Waals surface area contributed by atoms with E-state index in [1.807, 2.05) is 50.2 Å². The van der Waals surface area contributed by atoms with Crippen LogP contribution in [0.2, 0.25) is 5.02 Å². The maximum absolute atomic E-state index is 12.0. The van der Waals surface area contributed by atoms with E-state index in [-0.39, 0.29) is 6.03 Å². The quantitative estimate of drug-likeness (QED) is 0.782. The Morgan fingerprint density at radius 2 is 1.77 bits per heavy atom. The molecule has 1 aliphatic heterocycles. The molecule has 2 N–H and O–H groups in total. The van der Waals surface area contributed by atoms with Crippen LogP contribution in [0.25, 0.3) is 0 Å². The van der Waals surface area contributed by atoms with Gasteiger partial charge in [0.15, 0.2) is 0 Å². The van der Waals surface area contributed by atoms with Crippen LogP contribution >= 0.6 is 11.6 Å². The lowest BCUT2D eigenvalue weighted by Gasteiger charge is -2.12. The highest BCUT2D eigenvalue weighted by Gasteiger charge is 2.20. The summed E-state index contributed by atoms with van der Waals surface area (Å²) in [6.45, 7) is 6.72. The van der Waals surface area contributed by atoms with Gasteiger partial charge in [0.2, 0.25) is 0 Å². The molecule has 0 spiro atoms. The third kappa shape index (κ3) is 6.04. The van der Waals surface area contributed by atoms with Crippen LogP contribution < -0.4 is 10.6 Å². The number of amides is 2. The second-order valence-corrected chi connectivity index (χ2v) is 6.74. The first-order valence-corrected chi connectivity index (χ1v) is 9.56. The van der Waals surface area contributed by atoms with Crippen molar-refractivity contribution in [3.63, 3.8) is 0 Å². The SMILES string of the molecule is CC.CN1CCC(c2ccc(NC(=O)NCc3ccc(Cl)cc3)cc2)C1. The van der Waals surface area contributed by atoms with E-state index in [1.165, 1.54) is 12.0 Å². The van der Waals surface area contributed by atoms with Crippen LogP contribution in [-0.2, 0) is 6.54 Å². The summed E-state index contributed by atoms with van der Waals surface area (Å²) < 4.78 is 0. The minimum Gasteiger partial charge on any atom is -0.334 e.